The van der Waals surface area contributed by atoms with Crippen molar-refractivity contribution in [3.8, 4) is 0 Å². The van der Waals surface area contributed by atoms with E-state index in [4.69, 9.17) is 4.74 Å². The lowest BCUT2D eigenvalue weighted by Gasteiger charge is -2.32. The van der Waals surface area contributed by atoms with Crippen molar-refractivity contribution in [1.29, 1.82) is 0 Å². The third kappa shape index (κ3) is 2.91. The molecule has 0 aromatic heterocycles. The molecule has 1 N–H and O–H groups in total. The maximum atomic E-state index is 12.3. The van der Waals surface area contributed by atoms with Gasteiger partial charge in [0.1, 0.15) is 0 Å². The van der Waals surface area contributed by atoms with Crippen molar-refractivity contribution in [2.75, 3.05) is 33.3 Å². The van der Waals surface area contributed by atoms with E-state index >= 15 is 0 Å². The van der Waals surface area contributed by atoms with E-state index in [9.17, 15) is 4.79 Å². The molecule has 1 heterocycles. The average Bonchev–Trinajstić information content (AvgIpc) is 2.42. The van der Waals surface area contributed by atoms with E-state index in [0.29, 0.717) is 5.56 Å². The normalized spacial score (nSPS) is 18.9. The molecule has 1 aliphatic heterocycles. The van der Waals surface area contributed by atoms with Crippen molar-refractivity contribution in [3.63, 3.8) is 0 Å². The highest BCUT2D eigenvalue weighted by Crippen LogP contribution is 2.10. The number of carbonyl (C=O) groups excluding carboxylic acids is 1. The summed E-state index contributed by atoms with van der Waals surface area (Å²) in [6.07, 6.45) is -0.459. The molecule has 1 aromatic rings. The van der Waals surface area contributed by atoms with Crippen LogP contribution in [-0.4, -0.2) is 50.2 Å². The van der Waals surface area contributed by atoms with Crippen LogP contribution in [0.3, 0.4) is 0 Å². The number of hydrogen-bond acceptors (Lipinski definition) is 4. The molecule has 1 unspecified atom stereocenters. The van der Waals surface area contributed by atoms with Gasteiger partial charge >= 0.3 is 0 Å². The topological polar surface area (TPSA) is 41.6 Å². The summed E-state index contributed by atoms with van der Waals surface area (Å²) in [5.41, 5.74) is 0.706. The molecule has 1 aromatic carbocycles. The Balaban J connectivity index is 2.09. The van der Waals surface area contributed by atoms with Gasteiger partial charge in [-0.2, -0.15) is 0 Å². The molecule has 4 nitrogen and oxygen atoms in total. The molecule has 4 heteroatoms. The monoisotopic (exact) mass is 234 g/mol. The molecule has 0 spiro atoms. The standard InChI is InChI=1S/C13H18N2O2/c1-17-13(15-9-7-14-8-10-15)12(16)11-5-3-2-4-6-11/h2-6,13-14H,7-10H2,1H3. The zero-order chi connectivity index (χ0) is 12.1. The summed E-state index contributed by atoms with van der Waals surface area (Å²) in [5.74, 6) is 0.0370. The second-order valence-corrected chi connectivity index (χ2v) is 4.10. The number of hydrogen-bond donors (Lipinski definition) is 1. The fourth-order valence-corrected chi connectivity index (χ4v) is 2.08. The zero-order valence-corrected chi connectivity index (χ0v) is 10.1. The Labute approximate surface area is 102 Å². The van der Waals surface area contributed by atoms with Crippen LogP contribution >= 0.6 is 0 Å². The van der Waals surface area contributed by atoms with Crippen LogP contribution in [0.5, 0.6) is 0 Å². The van der Waals surface area contributed by atoms with E-state index in [1.54, 1.807) is 7.11 Å². The number of ether oxygens (including phenoxy) is 1. The van der Waals surface area contributed by atoms with Gasteiger partial charge in [0.2, 0.25) is 5.78 Å². The number of nitrogens with one attached hydrogen (secondary N) is 1. The SMILES string of the molecule is COC(C(=O)c1ccccc1)N1CCNCC1. The van der Waals surface area contributed by atoms with Gasteiger partial charge in [-0.15, -0.1) is 0 Å². The van der Waals surface area contributed by atoms with Crippen LogP contribution in [0.1, 0.15) is 10.4 Å². The maximum Gasteiger partial charge on any atom is 0.206 e. The summed E-state index contributed by atoms with van der Waals surface area (Å²) < 4.78 is 5.35. The van der Waals surface area contributed by atoms with Crippen LogP contribution in [0.4, 0.5) is 0 Å². The molecule has 0 bridgehead atoms. The summed E-state index contributed by atoms with van der Waals surface area (Å²) in [6.45, 7) is 3.50. The first-order chi connectivity index (χ1) is 8.33. The van der Waals surface area contributed by atoms with Crippen molar-refractivity contribution in [2.45, 2.75) is 6.23 Å². The van der Waals surface area contributed by atoms with Gasteiger partial charge < -0.3 is 10.1 Å². The van der Waals surface area contributed by atoms with Crippen molar-refractivity contribution in [1.82, 2.24) is 10.2 Å². The third-order valence-corrected chi connectivity index (χ3v) is 2.99. The molecule has 1 saturated heterocycles. The van der Waals surface area contributed by atoms with Gasteiger partial charge in [0.05, 0.1) is 0 Å². The summed E-state index contributed by atoms with van der Waals surface area (Å²) in [5, 5.41) is 3.26. The van der Waals surface area contributed by atoms with Crippen LogP contribution in [0.2, 0.25) is 0 Å². The summed E-state index contributed by atoms with van der Waals surface area (Å²) >= 11 is 0. The van der Waals surface area contributed by atoms with Crippen molar-refractivity contribution >= 4 is 5.78 Å². The largest absolute Gasteiger partial charge is 0.359 e. The molecule has 0 radical (unpaired) electrons. The lowest BCUT2D eigenvalue weighted by atomic mass is 10.1. The highest BCUT2D eigenvalue weighted by Gasteiger charge is 2.27. The minimum absolute atomic E-state index is 0.0370. The smallest absolute Gasteiger partial charge is 0.206 e. The van der Waals surface area contributed by atoms with Gasteiger partial charge in [-0.25, -0.2) is 0 Å². The Morgan fingerprint density at radius 1 is 1.29 bits per heavy atom. The van der Waals surface area contributed by atoms with Gasteiger partial charge in [-0.1, -0.05) is 30.3 Å². The number of Topliss-reactive ketones (excluding diaryl/α,β-unsaturated/α-hetero) is 1. The number of rotatable bonds is 4. The predicted molar refractivity (Wildman–Crippen MR) is 66.0 cm³/mol. The molecule has 92 valence electrons. The highest BCUT2D eigenvalue weighted by atomic mass is 16.5. The molecular weight excluding hydrogens is 216 g/mol. The summed E-state index contributed by atoms with van der Waals surface area (Å²) in [4.78, 5) is 14.4. The molecule has 2 rings (SSSR count). The molecule has 0 aliphatic carbocycles. The first-order valence-corrected chi connectivity index (χ1v) is 5.90. The summed E-state index contributed by atoms with van der Waals surface area (Å²) in [6, 6.07) is 9.31. The van der Waals surface area contributed by atoms with Gasteiger partial charge in [0.25, 0.3) is 0 Å². The molecule has 0 amide bonds. The van der Waals surface area contributed by atoms with Crippen LogP contribution < -0.4 is 5.32 Å². The van der Waals surface area contributed by atoms with Gasteiger partial charge in [0.15, 0.2) is 6.23 Å². The molecule has 17 heavy (non-hydrogen) atoms. The number of ketones is 1. The van der Waals surface area contributed by atoms with Gasteiger partial charge in [-0.3, -0.25) is 9.69 Å². The van der Waals surface area contributed by atoms with E-state index in [1.807, 2.05) is 30.3 Å². The quantitative estimate of drug-likeness (QED) is 0.781. The number of carbonyl (C=O) groups is 1. The zero-order valence-electron chi connectivity index (χ0n) is 10.1. The van der Waals surface area contributed by atoms with Crippen molar-refractivity contribution in [3.05, 3.63) is 35.9 Å². The summed E-state index contributed by atoms with van der Waals surface area (Å²) in [7, 11) is 1.59. The molecule has 1 fully saturated rings. The van der Waals surface area contributed by atoms with Crippen molar-refractivity contribution < 1.29 is 9.53 Å². The Hall–Kier alpha value is -1.23. The number of benzene rings is 1. The molecule has 1 aliphatic rings. The van der Waals surface area contributed by atoms with E-state index in [0.717, 1.165) is 26.2 Å². The van der Waals surface area contributed by atoms with E-state index in [1.165, 1.54) is 0 Å². The number of nitrogens with zero attached hydrogens (tertiary/aromatic N) is 1. The predicted octanol–water partition coefficient (Wildman–Crippen LogP) is 0.747. The Bertz CT molecular complexity index is 361. The number of methoxy groups -OCH3 is 1. The Kier molecular flexibility index (Phi) is 4.25. The molecule has 0 saturated carbocycles. The second kappa shape index (κ2) is 5.91. The lowest BCUT2D eigenvalue weighted by molar-refractivity contribution is -0.0207. The molecular formula is C13H18N2O2. The van der Waals surface area contributed by atoms with E-state index in [-0.39, 0.29) is 5.78 Å². The minimum atomic E-state index is -0.459. The Morgan fingerprint density at radius 3 is 2.53 bits per heavy atom. The first-order valence-electron chi connectivity index (χ1n) is 5.90. The van der Waals surface area contributed by atoms with Gasteiger partial charge in [-0.05, 0) is 0 Å². The van der Waals surface area contributed by atoms with Crippen molar-refractivity contribution in [2.24, 2.45) is 0 Å². The minimum Gasteiger partial charge on any atom is -0.359 e. The fraction of sp³-hybridized carbons (Fsp3) is 0.462. The third-order valence-electron chi connectivity index (χ3n) is 2.99. The highest BCUT2D eigenvalue weighted by molar-refractivity contribution is 5.99. The molecule has 1 atom stereocenters. The van der Waals surface area contributed by atoms with Crippen LogP contribution in [0, 0.1) is 0 Å². The van der Waals surface area contributed by atoms with Crippen LogP contribution in [0.25, 0.3) is 0 Å². The lowest BCUT2D eigenvalue weighted by Crippen LogP contribution is -2.51. The fourth-order valence-electron chi connectivity index (χ4n) is 2.08. The van der Waals surface area contributed by atoms with Gasteiger partial charge in [0, 0.05) is 38.9 Å². The number of piperazine rings is 1. The first kappa shape index (κ1) is 12.2. The second-order valence-electron chi connectivity index (χ2n) is 4.10. The van der Waals surface area contributed by atoms with E-state index < -0.39 is 6.23 Å². The Morgan fingerprint density at radius 2 is 1.94 bits per heavy atom. The van der Waals surface area contributed by atoms with Crippen LogP contribution in [-0.2, 0) is 4.74 Å². The van der Waals surface area contributed by atoms with Crippen LogP contribution in [0.15, 0.2) is 30.3 Å². The average molecular weight is 234 g/mol. The maximum absolute atomic E-state index is 12.3. The van der Waals surface area contributed by atoms with E-state index in [2.05, 4.69) is 10.2 Å².